The summed E-state index contributed by atoms with van der Waals surface area (Å²) in [5.74, 6) is 0.348. The number of halogens is 1. The first-order valence-electron chi connectivity index (χ1n) is 5.03. The molecule has 0 aliphatic rings. The largest absolute Gasteiger partial charge is 0.383 e. The molecule has 4 nitrogen and oxygen atoms in total. The summed E-state index contributed by atoms with van der Waals surface area (Å²) >= 11 is 5.66. The number of carbonyl (C=O) groups excluding carboxylic acids is 1. The van der Waals surface area contributed by atoms with Crippen molar-refractivity contribution in [2.75, 3.05) is 32.7 Å². The van der Waals surface area contributed by atoms with E-state index in [1.54, 1.807) is 36.5 Å². The normalized spacial score (nSPS) is 10.1. The minimum Gasteiger partial charge on any atom is -0.383 e. The average molecular weight is 243 g/mol. The first kappa shape index (κ1) is 12.9. The summed E-state index contributed by atoms with van der Waals surface area (Å²) in [7, 11) is 1.60. The van der Waals surface area contributed by atoms with Crippen LogP contribution in [0.25, 0.3) is 0 Å². The number of methoxy groups -OCH3 is 1. The average Bonchev–Trinajstić information content (AvgIpc) is 2.35. The maximum absolute atomic E-state index is 12.0. The molecule has 0 fully saturated rings. The molecule has 0 aromatic carbocycles. The zero-order chi connectivity index (χ0) is 11.8. The summed E-state index contributed by atoms with van der Waals surface area (Å²) in [6.45, 7) is 1.55. The number of rotatable bonds is 6. The molecule has 0 atom stereocenters. The van der Waals surface area contributed by atoms with Gasteiger partial charge in [-0.15, -0.1) is 11.6 Å². The van der Waals surface area contributed by atoms with Crippen molar-refractivity contribution in [3.05, 3.63) is 30.1 Å². The quantitative estimate of drug-likeness (QED) is 0.709. The number of nitrogens with zero attached hydrogens (tertiary/aromatic N) is 2. The van der Waals surface area contributed by atoms with Gasteiger partial charge in [0.25, 0.3) is 5.91 Å². The van der Waals surface area contributed by atoms with Crippen molar-refractivity contribution in [1.82, 2.24) is 9.88 Å². The molecular weight excluding hydrogens is 228 g/mol. The van der Waals surface area contributed by atoms with Gasteiger partial charge in [-0.2, -0.15) is 0 Å². The minimum atomic E-state index is -0.0641. The van der Waals surface area contributed by atoms with E-state index in [-0.39, 0.29) is 5.91 Å². The Bertz CT molecular complexity index is 319. The highest BCUT2D eigenvalue weighted by molar-refractivity contribution is 6.18. The van der Waals surface area contributed by atoms with Gasteiger partial charge in [0.05, 0.1) is 12.2 Å². The Kier molecular flexibility index (Phi) is 5.82. The molecule has 1 heterocycles. The number of hydrogen-bond donors (Lipinski definition) is 0. The Hall–Kier alpha value is -1.13. The van der Waals surface area contributed by atoms with Crippen molar-refractivity contribution in [1.29, 1.82) is 0 Å². The Labute approximate surface area is 100 Å². The summed E-state index contributed by atoms with van der Waals surface area (Å²) in [6, 6.07) is 3.48. The van der Waals surface area contributed by atoms with Crippen molar-refractivity contribution in [3.8, 4) is 0 Å². The predicted molar refractivity (Wildman–Crippen MR) is 62.7 cm³/mol. The number of amides is 1. The van der Waals surface area contributed by atoms with Crippen LogP contribution >= 0.6 is 11.6 Å². The highest BCUT2D eigenvalue weighted by Gasteiger charge is 2.14. The van der Waals surface area contributed by atoms with Gasteiger partial charge in [-0.25, -0.2) is 0 Å². The number of alkyl halides is 1. The van der Waals surface area contributed by atoms with Crippen LogP contribution in [0.5, 0.6) is 0 Å². The third-order valence-corrected chi connectivity index (χ3v) is 2.28. The summed E-state index contributed by atoms with van der Waals surface area (Å²) in [5, 5.41) is 0. The van der Waals surface area contributed by atoms with E-state index in [1.807, 2.05) is 0 Å². The molecule has 1 rings (SSSR count). The van der Waals surface area contributed by atoms with Gasteiger partial charge in [-0.3, -0.25) is 9.78 Å². The maximum Gasteiger partial charge on any atom is 0.255 e. The smallest absolute Gasteiger partial charge is 0.255 e. The molecule has 0 aliphatic heterocycles. The zero-order valence-corrected chi connectivity index (χ0v) is 9.98. The van der Waals surface area contributed by atoms with E-state index in [0.717, 1.165) is 0 Å². The second-order valence-electron chi connectivity index (χ2n) is 3.22. The second-order valence-corrected chi connectivity index (χ2v) is 3.59. The second kappa shape index (κ2) is 7.19. The van der Waals surface area contributed by atoms with Crippen LogP contribution in [0.15, 0.2) is 24.5 Å². The Morgan fingerprint density at radius 2 is 2.38 bits per heavy atom. The van der Waals surface area contributed by atoms with Crippen LogP contribution in [0.2, 0.25) is 0 Å². The van der Waals surface area contributed by atoms with Crippen molar-refractivity contribution in [3.63, 3.8) is 0 Å². The number of pyridine rings is 1. The topological polar surface area (TPSA) is 42.4 Å². The summed E-state index contributed by atoms with van der Waals surface area (Å²) < 4.78 is 4.95. The lowest BCUT2D eigenvalue weighted by Gasteiger charge is -2.21. The number of aromatic nitrogens is 1. The van der Waals surface area contributed by atoms with Gasteiger partial charge in [0.15, 0.2) is 0 Å². The minimum absolute atomic E-state index is 0.0641. The molecule has 0 spiro atoms. The monoisotopic (exact) mass is 242 g/mol. The lowest BCUT2D eigenvalue weighted by Crippen LogP contribution is -2.35. The van der Waals surface area contributed by atoms with Gasteiger partial charge in [0.1, 0.15) is 0 Å². The number of carbonyl (C=O) groups is 1. The summed E-state index contributed by atoms with van der Waals surface area (Å²) in [5.41, 5.74) is 0.573. The SMILES string of the molecule is COCCN(CCCl)C(=O)c1cccnc1. The molecule has 0 radical (unpaired) electrons. The molecule has 16 heavy (non-hydrogen) atoms. The van der Waals surface area contributed by atoms with E-state index >= 15 is 0 Å². The number of hydrogen-bond acceptors (Lipinski definition) is 3. The summed E-state index contributed by atoms with van der Waals surface area (Å²) in [6.07, 6.45) is 3.19. The first-order valence-corrected chi connectivity index (χ1v) is 5.57. The summed E-state index contributed by atoms with van der Waals surface area (Å²) in [4.78, 5) is 17.6. The Balaban J connectivity index is 2.67. The van der Waals surface area contributed by atoms with Crippen LogP contribution in [0.3, 0.4) is 0 Å². The van der Waals surface area contributed by atoms with E-state index in [2.05, 4.69) is 4.98 Å². The van der Waals surface area contributed by atoms with E-state index in [4.69, 9.17) is 16.3 Å². The van der Waals surface area contributed by atoms with Crippen LogP contribution in [0, 0.1) is 0 Å². The fourth-order valence-electron chi connectivity index (χ4n) is 1.29. The van der Waals surface area contributed by atoms with Gasteiger partial charge in [0, 0.05) is 38.5 Å². The van der Waals surface area contributed by atoms with Crippen LogP contribution in [-0.4, -0.2) is 48.5 Å². The van der Waals surface area contributed by atoms with Crippen molar-refractivity contribution < 1.29 is 9.53 Å². The Morgan fingerprint density at radius 1 is 1.56 bits per heavy atom. The molecular formula is C11H15ClN2O2. The Morgan fingerprint density at radius 3 is 2.94 bits per heavy atom. The highest BCUT2D eigenvalue weighted by atomic mass is 35.5. The van der Waals surface area contributed by atoms with Crippen molar-refractivity contribution in [2.45, 2.75) is 0 Å². The molecule has 0 aliphatic carbocycles. The van der Waals surface area contributed by atoms with E-state index in [1.165, 1.54) is 0 Å². The van der Waals surface area contributed by atoms with Crippen molar-refractivity contribution in [2.24, 2.45) is 0 Å². The molecule has 88 valence electrons. The van der Waals surface area contributed by atoms with Gasteiger partial charge >= 0.3 is 0 Å². The lowest BCUT2D eigenvalue weighted by molar-refractivity contribution is 0.0707. The molecule has 5 heteroatoms. The van der Waals surface area contributed by atoms with Gasteiger partial charge in [0.2, 0.25) is 0 Å². The maximum atomic E-state index is 12.0. The standard InChI is InChI=1S/C11H15ClN2O2/c1-16-8-7-14(6-4-12)11(15)10-3-2-5-13-9-10/h2-3,5,9H,4,6-8H2,1H3. The molecule has 0 N–H and O–H groups in total. The van der Waals surface area contributed by atoms with E-state index in [9.17, 15) is 4.79 Å². The number of ether oxygens (including phenoxy) is 1. The first-order chi connectivity index (χ1) is 7.79. The fraction of sp³-hybridized carbons (Fsp3) is 0.455. The van der Waals surface area contributed by atoms with Crippen LogP contribution in [-0.2, 0) is 4.74 Å². The molecule has 1 aromatic heterocycles. The zero-order valence-electron chi connectivity index (χ0n) is 9.23. The predicted octanol–water partition coefficient (Wildman–Crippen LogP) is 1.41. The van der Waals surface area contributed by atoms with Gasteiger partial charge < -0.3 is 9.64 Å². The molecule has 0 saturated carbocycles. The third kappa shape index (κ3) is 3.79. The van der Waals surface area contributed by atoms with Crippen LogP contribution in [0.1, 0.15) is 10.4 Å². The fourth-order valence-corrected chi connectivity index (χ4v) is 1.49. The molecule has 0 bridgehead atoms. The van der Waals surface area contributed by atoms with Crippen molar-refractivity contribution >= 4 is 17.5 Å². The van der Waals surface area contributed by atoms with Gasteiger partial charge in [-0.05, 0) is 12.1 Å². The van der Waals surface area contributed by atoms with Gasteiger partial charge in [-0.1, -0.05) is 0 Å². The molecule has 1 aromatic rings. The lowest BCUT2D eigenvalue weighted by atomic mass is 10.2. The van der Waals surface area contributed by atoms with Crippen LogP contribution < -0.4 is 0 Å². The highest BCUT2D eigenvalue weighted by Crippen LogP contribution is 2.03. The molecule has 1 amide bonds. The van der Waals surface area contributed by atoms with Crippen LogP contribution in [0.4, 0.5) is 0 Å². The third-order valence-electron chi connectivity index (χ3n) is 2.12. The van der Waals surface area contributed by atoms with E-state index < -0.39 is 0 Å². The van der Waals surface area contributed by atoms with E-state index in [0.29, 0.717) is 31.1 Å². The molecule has 0 saturated heterocycles. The molecule has 0 unspecified atom stereocenters.